The molecule has 4 rings (SSSR count). The zero-order valence-corrected chi connectivity index (χ0v) is 15.1. The number of nitrogens with zero attached hydrogens (tertiary/aromatic N) is 1. The van der Waals surface area contributed by atoms with Gasteiger partial charge in [-0.2, -0.15) is 0 Å². The molecule has 4 atom stereocenters. The summed E-state index contributed by atoms with van der Waals surface area (Å²) in [6.45, 7) is 4.38. The van der Waals surface area contributed by atoms with Gasteiger partial charge in [0.25, 0.3) is 0 Å². The summed E-state index contributed by atoms with van der Waals surface area (Å²) in [4.78, 5) is 2.63. The zero-order chi connectivity index (χ0) is 17.3. The van der Waals surface area contributed by atoms with E-state index in [0.29, 0.717) is 17.9 Å². The Morgan fingerprint density at radius 2 is 1.60 bits per heavy atom. The van der Waals surface area contributed by atoms with Crippen molar-refractivity contribution >= 4 is 0 Å². The highest BCUT2D eigenvalue weighted by molar-refractivity contribution is 5.21. The molecule has 0 heterocycles. The third kappa shape index (κ3) is 3.38. The molecule has 0 spiro atoms. The van der Waals surface area contributed by atoms with Crippen molar-refractivity contribution in [2.75, 3.05) is 6.54 Å². The van der Waals surface area contributed by atoms with Crippen LogP contribution in [0.2, 0.25) is 0 Å². The smallest absolute Gasteiger partial charge is 0.0719 e. The van der Waals surface area contributed by atoms with Crippen molar-refractivity contribution in [2.45, 2.75) is 50.8 Å². The van der Waals surface area contributed by atoms with Gasteiger partial charge in [0.2, 0.25) is 0 Å². The number of hydrogen-bond donors (Lipinski definition) is 1. The summed E-state index contributed by atoms with van der Waals surface area (Å²) < 4.78 is 0. The van der Waals surface area contributed by atoms with E-state index in [1.54, 1.807) is 0 Å². The number of benzene rings is 2. The molecule has 2 fully saturated rings. The minimum Gasteiger partial charge on any atom is -0.389 e. The van der Waals surface area contributed by atoms with Crippen LogP contribution < -0.4 is 0 Å². The highest BCUT2D eigenvalue weighted by Crippen LogP contribution is 2.53. The summed E-state index contributed by atoms with van der Waals surface area (Å²) in [5, 5.41) is 11.3. The fraction of sp³-hybridized carbons (Fsp3) is 0.478. The average Bonchev–Trinajstić information content (AvgIpc) is 3.18. The van der Waals surface area contributed by atoms with Gasteiger partial charge in [0.15, 0.2) is 0 Å². The van der Waals surface area contributed by atoms with Crippen molar-refractivity contribution in [1.29, 1.82) is 0 Å². The summed E-state index contributed by atoms with van der Waals surface area (Å²) in [6, 6.07) is 21.9. The molecule has 2 nitrogen and oxygen atoms in total. The quantitative estimate of drug-likeness (QED) is 0.852. The molecule has 2 heteroatoms. The van der Waals surface area contributed by atoms with Crippen LogP contribution in [-0.2, 0) is 13.0 Å². The van der Waals surface area contributed by atoms with Crippen LogP contribution in [0.25, 0.3) is 0 Å². The molecular formula is C23H29NO. The predicted molar refractivity (Wildman–Crippen MR) is 102 cm³/mol. The van der Waals surface area contributed by atoms with Gasteiger partial charge in [-0.3, -0.25) is 4.90 Å². The van der Waals surface area contributed by atoms with Gasteiger partial charge in [0.05, 0.1) is 5.60 Å². The fourth-order valence-electron chi connectivity index (χ4n) is 5.28. The van der Waals surface area contributed by atoms with E-state index >= 15 is 0 Å². The molecule has 2 aliphatic rings. The maximum Gasteiger partial charge on any atom is 0.0719 e. The molecule has 2 aromatic rings. The molecule has 1 N–H and O–H groups in total. The predicted octanol–water partition coefficient (Wildman–Crippen LogP) is 4.28. The van der Waals surface area contributed by atoms with Gasteiger partial charge in [0.1, 0.15) is 0 Å². The van der Waals surface area contributed by atoms with Crippen LogP contribution >= 0.6 is 0 Å². The lowest BCUT2D eigenvalue weighted by Crippen LogP contribution is -2.46. The molecule has 132 valence electrons. The van der Waals surface area contributed by atoms with Crippen LogP contribution in [0, 0.1) is 11.8 Å². The van der Waals surface area contributed by atoms with Crippen LogP contribution in [0.15, 0.2) is 60.7 Å². The van der Waals surface area contributed by atoms with Gasteiger partial charge >= 0.3 is 0 Å². The Morgan fingerprint density at radius 1 is 0.960 bits per heavy atom. The lowest BCUT2D eigenvalue weighted by molar-refractivity contribution is -0.0329. The molecule has 2 aliphatic carbocycles. The molecule has 2 aromatic carbocycles. The van der Waals surface area contributed by atoms with E-state index in [2.05, 4.69) is 66.4 Å². The molecule has 0 radical (unpaired) electrons. The van der Waals surface area contributed by atoms with Crippen LogP contribution in [0.3, 0.4) is 0 Å². The molecule has 0 aromatic heterocycles. The van der Waals surface area contributed by atoms with E-state index in [-0.39, 0.29) is 0 Å². The van der Waals surface area contributed by atoms with Gasteiger partial charge < -0.3 is 5.11 Å². The van der Waals surface area contributed by atoms with Crippen molar-refractivity contribution < 1.29 is 5.11 Å². The van der Waals surface area contributed by atoms with E-state index < -0.39 is 5.60 Å². The normalized spacial score (nSPS) is 30.9. The summed E-state index contributed by atoms with van der Waals surface area (Å²) in [6.07, 6.45) is 4.11. The first kappa shape index (κ1) is 16.8. The Hall–Kier alpha value is -1.64. The Kier molecular flexibility index (Phi) is 4.66. The highest BCUT2D eigenvalue weighted by Gasteiger charge is 2.55. The van der Waals surface area contributed by atoms with Crippen LogP contribution in [0.4, 0.5) is 0 Å². The summed E-state index contributed by atoms with van der Waals surface area (Å²) in [5.41, 5.74) is 2.17. The third-order valence-corrected chi connectivity index (χ3v) is 6.49. The van der Waals surface area contributed by atoms with E-state index in [0.717, 1.165) is 32.4 Å². The topological polar surface area (TPSA) is 23.5 Å². The molecule has 25 heavy (non-hydrogen) atoms. The molecule has 0 saturated heterocycles. The van der Waals surface area contributed by atoms with Crippen molar-refractivity contribution in [3.8, 4) is 0 Å². The second-order valence-electron chi connectivity index (χ2n) is 8.01. The Balaban J connectivity index is 1.43. The summed E-state index contributed by atoms with van der Waals surface area (Å²) in [5.74, 6) is 1.09. The Morgan fingerprint density at radius 3 is 2.16 bits per heavy atom. The van der Waals surface area contributed by atoms with Gasteiger partial charge in [0, 0.05) is 19.0 Å². The number of rotatable bonds is 6. The van der Waals surface area contributed by atoms with Crippen LogP contribution in [-0.4, -0.2) is 28.2 Å². The van der Waals surface area contributed by atoms with Crippen molar-refractivity contribution in [1.82, 2.24) is 4.90 Å². The molecule has 2 saturated carbocycles. The molecule has 0 amide bonds. The van der Waals surface area contributed by atoms with Gasteiger partial charge in [-0.15, -0.1) is 0 Å². The third-order valence-electron chi connectivity index (χ3n) is 6.49. The number of aliphatic hydroxyl groups is 1. The van der Waals surface area contributed by atoms with Gasteiger partial charge in [-0.1, -0.05) is 67.6 Å². The van der Waals surface area contributed by atoms with Gasteiger partial charge in [-0.25, -0.2) is 0 Å². The maximum absolute atomic E-state index is 11.3. The monoisotopic (exact) mass is 335 g/mol. The first-order valence-electron chi connectivity index (χ1n) is 9.72. The first-order valence-corrected chi connectivity index (χ1v) is 9.72. The second-order valence-corrected chi connectivity index (χ2v) is 8.01. The van der Waals surface area contributed by atoms with Crippen molar-refractivity contribution in [3.63, 3.8) is 0 Å². The van der Waals surface area contributed by atoms with E-state index in [1.165, 1.54) is 17.5 Å². The minimum atomic E-state index is -0.491. The number of hydrogen-bond acceptors (Lipinski definition) is 2. The summed E-state index contributed by atoms with van der Waals surface area (Å²) >= 11 is 0. The zero-order valence-electron chi connectivity index (χ0n) is 15.1. The molecular weight excluding hydrogens is 306 g/mol. The first-order chi connectivity index (χ1) is 12.2. The van der Waals surface area contributed by atoms with Crippen molar-refractivity contribution in [2.24, 2.45) is 11.8 Å². The van der Waals surface area contributed by atoms with E-state index in [1.807, 2.05) is 6.07 Å². The molecule has 0 aliphatic heterocycles. The Bertz CT molecular complexity index is 686. The van der Waals surface area contributed by atoms with Gasteiger partial charge in [-0.05, 0) is 48.8 Å². The minimum absolute atomic E-state index is 0.451. The molecule has 0 unspecified atom stereocenters. The lowest BCUT2D eigenvalue weighted by atomic mass is 9.77. The van der Waals surface area contributed by atoms with Crippen LogP contribution in [0.5, 0.6) is 0 Å². The maximum atomic E-state index is 11.3. The average molecular weight is 335 g/mol. The number of fused-ring (bicyclic) bond motifs is 2. The lowest BCUT2D eigenvalue weighted by Gasteiger charge is -2.40. The van der Waals surface area contributed by atoms with Crippen molar-refractivity contribution in [3.05, 3.63) is 71.8 Å². The Labute approximate surface area is 151 Å². The highest BCUT2D eigenvalue weighted by atomic mass is 16.3. The molecule has 2 bridgehead atoms. The van der Waals surface area contributed by atoms with E-state index in [4.69, 9.17) is 0 Å². The fourth-order valence-corrected chi connectivity index (χ4v) is 5.28. The SMILES string of the molecule is CCN(Cc1ccccc1)[C@H]1C[C@@H]2C[C@H]1C[C@@]2(O)Cc1ccccc1. The summed E-state index contributed by atoms with van der Waals surface area (Å²) in [7, 11) is 0. The standard InChI is InChI=1S/C23H29NO/c1-2-24(17-19-11-7-4-8-12-19)22-14-21-13-20(22)16-23(21,25)15-18-9-5-3-6-10-18/h3-12,20-22,25H,2,13-17H2,1H3/t20-,21-,22-,23-/m0/s1. The van der Waals surface area contributed by atoms with Crippen LogP contribution in [0.1, 0.15) is 37.3 Å². The second kappa shape index (κ2) is 6.93. The van der Waals surface area contributed by atoms with E-state index in [9.17, 15) is 5.11 Å². The largest absolute Gasteiger partial charge is 0.389 e.